The molecule has 0 fully saturated rings. The van der Waals surface area contributed by atoms with E-state index in [2.05, 4.69) is 11.9 Å². The van der Waals surface area contributed by atoms with Gasteiger partial charge >= 0.3 is 0 Å². The van der Waals surface area contributed by atoms with Gasteiger partial charge in [-0.25, -0.2) is 4.98 Å². The smallest absolute Gasteiger partial charge is 0.125 e. The highest BCUT2D eigenvalue weighted by molar-refractivity contribution is 7.09. The van der Waals surface area contributed by atoms with Gasteiger partial charge < -0.3 is 4.79 Å². The van der Waals surface area contributed by atoms with E-state index in [0.717, 1.165) is 29.8 Å². The lowest BCUT2D eigenvalue weighted by Crippen LogP contribution is -1.87. The van der Waals surface area contributed by atoms with Crippen LogP contribution < -0.4 is 0 Å². The van der Waals surface area contributed by atoms with E-state index in [-0.39, 0.29) is 0 Å². The third-order valence-corrected chi connectivity index (χ3v) is 2.31. The van der Waals surface area contributed by atoms with Crippen LogP contribution in [-0.4, -0.2) is 11.3 Å². The van der Waals surface area contributed by atoms with Gasteiger partial charge in [-0.05, 0) is 12.8 Å². The maximum Gasteiger partial charge on any atom is 0.125 e. The molecule has 0 aliphatic heterocycles. The van der Waals surface area contributed by atoms with Crippen molar-refractivity contribution in [3.63, 3.8) is 0 Å². The molecule has 1 aromatic heterocycles. The lowest BCUT2D eigenvalue weighted by molar-refractivity contribution is -0.107. The highest BCUT2D eigenvalue weighted by atomic mass is 32.1. The molecular weight excluding hydrogens is 158 g/mol. The molecule has 3 heteroatoms. The van der Waals surface area contributed by atoms with Crippen molar-refractivity contribution < 1.29 is 4.79 Å². The predicted molar refractivity (Wildman–Crippen MR) is 45.9 cm³/mol. The number of aldehydes is 1. The van der Waals surface area contributed by atoms with Gasteiger partial charge in [0, 0.05) is 11.8 Å². The molecule has 1 aromatic rings. The summed E-state index contributed by atoms with van der Waals surface area (Å²) in [6, 6.07) is 0. The van der Waals surface area contributed by atoms with Gasteiger partial charge in [-0.1, -0.05) is 6.92 Å². The van der Waals surface area contributed by atoms with Gasteiger partial charge in [0.1, 0.15) is 6.29 Å². The van der Waals surface area contributed by atoms with Crippen LogP contribution in [0.5, 0.6) is 0 Å². The fraction of sp³-hybridized carbons (Fsp3) is 0.500. The summed E-state index contributed by atoms with van der Waals surface area (Å²) in [5.41, 5.74) is 0.911. The van der Waals surface area contributed by atoms with Crippen molar-refractivity contribution in [1.82, 2.24) is 4.98 Å². The SMILES string of the molecule is CCCc1nc(CC=O)cs1. The first-order chi connectivity index (χ1) is 5.36. The van der Waals surface area contributed by atoms with Crippen LogP contribution in [0.2, 0.25) is 0 Å². The Morgan fingerprint density at radius 1 is 1.73 bits per heavy atom. The Kier molecular flexibility index (Phi) is 3.23. The zero-order valence-electron chi connectivity index (χ0n) is 6.54. The Balaban J connectivity index is 2.57. The lowest BCUT2D eigenvalue weighted by atomic mass is 10.3. The molecule has 2 nitrogen and oxygen atoms in total. The average Bonchev–Trinajstić information content (AvgIpc) is 2.38. The fourth-order valence-corrected chi connectivity index (χ4v) is 1.77. The van der Waals surface area contributed by atoms with Crippen LogP contribution in [0.25, 0.3) is 0 Å². The third kappa shape index (κ3) is 2.42. The minimum atomic E-state index is 0.459. The number of thiazole rings is 1. The normalized spacial score (nSPS) is 9.91. The van der Waals surface area contributed by atoms with Crippen LogP contribution in [-0.2, 0) is 17.6 Å². The van der Waals surface area contributed by atoms with Gasteiger partial charge in [-0.3, -0.25) is 0 Å². The van der Waals surface area contributed by atoms with Gasteiger partial charge in [-0.2, -0.15) is 0 Å². The summed E-state index contributed by atoms with van der Waals surface area (Å²) in [5, 5.41) is 3.10. The summed E-state index contributed by atoms with van der Waals surface area (Å²) in [7, 11) is 0. The van der Waals surface area contributed by atoms with Gasteiger partial charge in [0.05, 0.1) is 10.7 Å². The number of carbonyl (C=O) groups excluding carboxylic acids is 1. The van der Waals surface area contributed by atoms with E-state index in [1.54, 1.807) is 11.3 Å². The first-order valence-corrected chi connectivity index (χ1v) is 4.61. The minimum absolute atomic E-state index is 0.459. The van der Waals surface area contributed by atoms with Crippen LogP contribution >= 0.6 is 11.3 Å². The first-order valence-electron chi connectivity index (χ1n) is 3.73. The van der Waals surface area contributed by atoms with Crippen LogP contribution in [0.3, 0.4) is 0 Å². The molecule has 1 heterocycles. The van der Waals surface area contributed by atoms with E-state index in [9.17, 15) is 4.79 Å². The van der Waals surface area contributed by atoms with Crippen LogP contribution in [0.4, 0.5) is 0 Å². The minimum Gasteiger partial charge on any atom is -0.303 e. The van der Waals surface area contributed by atoms with Gasteiger partial charge in [0.2, 0.25) is 0 Å². The number of carbonyl (C=O) groups is 1. The van der Waals surface area contributed by atoms with Crippen LogP contribution in [0.15, 0.2) is 5.38 Å². The van der Waals surface area contributed by atoms with E-state index in [1.165, 1.54) is 0 Å². The second-order valence-corrected chi connectivity index (χ2v) is 3.30. The van der Waals surface area contributed by atoms with E-state index in [0.29, 0.717) is 6.42 Å². The summed E-state index contributed by atoms with van der Waals surface area (Å²) < 4.78 is 0. The lowest BCUT2D eigenvalue weighted by Gasteiger charge is -1.87. The highest BCUT2D eigenvalue weighted by Crippen LogP contribution is 2.11. The number of aryl methyl sites for hydroxylation is 1. The number of nitrogens with zero attached hydrogens (tertiary/aromatic N) is 1. The largest absolute Gasteiger partial charge is 0.303 e. The summed E-state index contributed by atoms with van der Waals surface area (Å²) in [5.74, 6) is 0. The summed E-state index contributed by atoms with van der Waals surface area (Å²) in [4.78, 5) is 14.4. The molecule has 0 atom stereocenters. The Morgan fingerprint density at radius 3 is 3.18 bits per heavy atom. The standard InChI is InChI=1S/C8H11NOS/c1-2-3-8-9-7(4-5-10)6-11-8/h5-6H,2-4H2,1H3. The monoisotopic (exact) mass is 169 g/mol. The molecule has 0 N–H and O–H groups in total. The Morgan fingerprint density at radius 2 is 2.55 bits per heavy atom. The van der Waals surface area contributed by atoms with E-state index in [4.69, 9.17) is 0 Å². The molecule has 1 rings (SSSR count). The van der Waals surface area contributed by atoms with Gasteiger partial charge in [-0.15, -0.1) is 11.3 Å². The zero-order chi connectivity index (χ0) is 8.10. The Labute approximate surface area is 70.3 Å². The molecule has 0 saturated heterocycles. The van der Waals surface area contributed by atoms with E-state index in [1.807, 2.05) is 5.38 Å². The average molecular weight is 169 g/mol. The topological polar surface area (TPSA) is 30.0 Å². The molecule has 0 aliphatic carbocycles. The molecular formula is C8H11NOS. The van der Waals surface area contributed by atoms with Crippen molar-refractivity contribution in [2.75, 3.05) is 0 Å². The first kappa shape index (κ1) is 8.40. The molecule has 0 saturated carbocycles. The second kappa shape index (κ2) is 4.23. The molecule has 0 amide bonds. The van der Waals surface area contributed by atoms with Crippen molar-refractivity contribution in [1.29, 1.82) is 0 Å². The third-order valence-electron chi connectivity index (χ3n) is 1.36. The molecule has 0 bridgehead atoms. The molecule has 0 aromatic carbocycles. The number of hydrogen-bond acceptors (Lipinski definition) is 3. The summed E-state index contributed by atoms with van der Waals surface area (Å²) >= 11 is 1.64. The molecule has 0 aliphatic rings. The summed E-state index contributed by atoms with van der Waals surface area (Å²) in [6.45, 7) is 2.13. The molecule has 0 unspecified atom stereocenters. The van der Waals surface area contributed by atoms with Crippen molar-refractivity contribution >= 4 is 17.6 Å². The zero-order valence-corrected chi connectivity index (χ0v) is 7.36. The Bertz CT molecular complexity index is 232. The molecule has 0 spiro atoms. The van der Waals surface area contributed by atoms with Gasteiger partial charge in [0.15, 0.2) is 0 Å². The van der Waals surface area contributed by atoms with Crippen molar-refractivity contribution in [2.45, 2.75) is 26.2 Å². The number of rotatable bonds is 4. The van der Waals surface area contributed by atoms with Crippen molar-refractivity contribution in [3.8, 4) is 0 Å². The highest BCUT2D eigenvalue weighted by Gasteiger charge is 1.98. The maximum atomic E-state index is 10.1. The van der Waals surface area contributed by atoms with Crippen LogP contribution in [0, 0.1) is 0 Å². The molecule has 11 heavy (non-hydrogen) atoms. The van der Waals surface area contributed by atoms with Crippen molar-refractivity contribution in [2.24, 2.45) is 0 Å². The predicted octanol–water partition coefficient (Wildman–Crippen LogP) is 1.84. The van der Waals surface area contributed by atoms with E-state index >= 15 is 0 Å². The van der Waals surface area contributed by atoms with Crippen molar-refractivity contribution in [3.05, 3.63) is 16.1 Å². The van der Waals surface area contributed by atoms with E-state index < -0.39 is 0 Å². The number of hydrogen-bond donors (Lipinski definition) is 0. The van der Waals surface area contributed by atoms with Gasteiger partial charge in [0.25, 0.3) is 0 Å². The molecule has 60 valence electrons. The summed E-state index contributed by atoms with van der Waals surface area (Å²) in [6.07, 6.45) is 3.50. The number of aromatic nitrogens is 1. The maximum absolute atomic E-state index is 10.1. The fourth-order valence-electron chi connectivity index (χ4n) is 0.857. The second-order valence-electron chi connectivity index (χ2n) is 2.35. The van der Waals surface area contributed by atoms with Crippen LogP contribution in [0.1, 0.15) is 24.0 Å². The quantitative estimate of drug-likeness (QED) is 0.644. The Hall–Kier alpha value is -0.700. The molecule has 0 radical (unpaired) electrons.